The summed E-state index contributed by atoms with van der Waals surface area (Å²) < 4.78 is 11.4. The van der Waals surface area contributed by atoms with Crippen LogP contribution in [0.4, 0.5) is 0 Å². The maximum atomic E-state index is 6.01. The number of benzene rings is 3. The minimum absolute atomic E-state index is 0.403. The van der Waals surface area contributed by atoms with Crippen LogP contribution < -0.4 is 15.2 Å². The number of hydrogen-bond acceptors (Lipinski definition) is 5. The lowest BCUT2D eigenvalue weighted by Crippen LogP contribution is -2.06. The van der Waals surface area contributed by atoms with Gasteiger partial charge in [0.1, 0.15) is 6.61 Å². The highest BCUT2D eigenvalue weighted by molar-refractivity contribution is 8.13. The lowest BCUT2D eigenvalue weighted by molar-refractivity contribution is 0.284. The van der Waals surface area contributed by atoms with E-state index in [2.05, 4.69) is 22.3 Å². The Morgan fingerprint density at radius 2 is 1.62 bits per heavy atom. The van der Waals surface area contributed by atoms with Crippen LogP contribution in [0, 0.1) is 0 Å². The predicted octanol–water partition coefficient (Wildman–Crippen LogP) is 4.86. The van der Waals surface area contributed by atoms with E-state index in [0.29, 0.717) is 23.3 Å². The van der Waals surface area contributed by atoms with Gasteiger partial charge in [-0.15, -0.1) is 5.10 Å². The molecule has 0 amide bonds. The summed E-state index contributed by atoms with van der Waals surface area (Å²) in [6.07, 6.45) is 1.62. The van der Waals surface area contributed by atoms with Crippen LogP contribution in [0.1, 0.15) is 16.7 Å². The summed E-state index contributed by atoms with van der Waals surface area (Å²) in [5, 5.41) is 8.61. The predicted molar refractivity (Wildman–Crippen MR) is 121 cm³/mol. The van der Waals surface area contributed by atoms with E-state index in [0.717, 1.165) is 16.9 Å². The first-order valence-electron chi connectivity index (χ1n) is 9.13. The highest BCUT2D eigenvalue weighted by Crippen LogP contribution is 2.30. The Balaban J connectivity index is 1.67. The molecule has 3 aromatic carbocycles. The first-order chi connectivity index (χ1) is 14.3. The summed E-state index contributed by atoms with van der Waals surface area (Å²) in [7, 11) is 1.61. The Labute approximate surface area is 175 Å². The van der Waals surface area contributed by atoms with Crippen molar-refractivity contribution in [1.29, 1.82) is 0 Å². The quantitative estimate of drug-likeness (QED) is 0.330. The molecule has 3 rings (SSSR count). The molecule has 0 spiro atoms. The zero-order valence-electron chi connectivity index (χ0n) is 16.2. The number of rotatable bonds is 8. The molecule has 3 aromatic rings. The number of ether oxygens (including phenoxy) is 2. The zero-order valence-corrected chi connectivity index (χ0v) is 17.0. The molecule has 0 aliphatic rings. The molecular weight excluding hydrogens is 382 g/mol. The third kappa shape index (κ3) is 6.40. The van der Waals surface area contributed by atoms with Gasteiger partial charge in [0.25, 0.3) is 0 Å². The highest BCUT2D eigenvalue weighted by atomic mass is 32.2. The van der Waals surface area contributed by atoms with Crippen molar-refractivity contribution in [3.8, 4) is 11.5 Å². The van der Waals surface area contributed by atoms with Crippen LogP contribution in [-0.4, -0.2) is 18.5 Å². The molecule has 0 bridgehead atoms. The van der Waals surface area contributed by atoms with Crippen molar-refractivity contribution < 1.29 is 9.47 Å². The van der Waals surface area contributed by atoms with E-state index in [1.165, 1.54) is 17.3 Å². The number of thioether (sulfide) groups is 1. The van der Waals surface area contributed by atoms with Gasteiger partial charge < -0.3 is 15.2 Å². The molecule has 0 saturated carbocycles. The maximum Gasteiger partial charge on any atom is 0.180 e. The van der Waals surface area contributed by atoms with Gasteiger partial charge in [-0.3, -0.25) is 0 Å². The fourth-order valence-corrected chi connectivity index (χ4v) is 3.20. The average molecular weight is 406 g/mol. The fraction of sp³-hybridized carbons (Fsp3) is 0.130. The van der Waals surface area contributed by atoms with Gasteiger partial charge in [-0.1, -0.05) is 78.5 Å². The Hall–Kier alpha value is -3.25. The summed E-state index contributed by atoms with van der Waals surface area (Å²) in [5.41, 5.74) is 8.98. The van der Waals surface area contributed by atoms with Crippen LogP contribution in [0.5, 0.6) is 11.5 Å². The molecular formula is C23H23N3O2S. The van der Waals surface area contributed by atoms with E-state index >= 15 is 0 Å². The third-order valence-electron chi connectivity index (χ3n) is 4.04. The Bertz CT molecular complexity index is 960. The molecule has 0 saturated heterocycles. The second kappa shape index (κ2) is 10.9. The van der Waals surface area contributed by atoms with Crippen molar-refractivity contribution in [3.63, 3.8) is 0 Å². The van der Waals surface area contributed by atoms with E-state index in [-0.39, 0.29) is 0 Å². The van der Waals surface area contributed by atoms with E-state index in [4.69, 9.17) is 15.2 Å². The van der Waals surface area contributed by atoms with Crippen LogP contribution >= 0.6 is 11.8 Å². The monoisotopic (exact) mass is 405 g/mol. The SMILES string of the molecule is COc1cccc(C=NN=C(N)SCc2ccccc2)c1OCc1ccccc1. The smallest absolute Gasteiger partial charge is 0.180 e. The Morgan fingerprint density at radius 3 is 2.31 bits per heavy atom. The third-order valence-corrected chi connectivity index (χ3v) is 4.89. The number of nitrogens with two attached hydrogens (primary N) is 1. The second-order valence-corrected chi connectivity index (χ2v) is 7.11. The maximum absolute atomic E-state index is 6.01. The summed E-state index contributed by atoms with van der Waals surface area (Å²) in [5.74, 6) is 2.00. The van der Waals surface area contributed by atoms with Crippen molar-refractivity contribution in [1.82, 2.24) is 0 Å². The van der Waals surface area contributed by atoms with Gasteiger partial charge in [0, 0.05) is 11.3 Å². The van der Waals surface area contributed by atoms with Crippen molar-refractivity contribution in [2.75, 3.05) is 7.11 Å². The molecule has 29 heavy (non-hydrogen) atoms. The van der Waals surface area contributed by atoms with Crippen LogP contribution in [0.2, 0.25) is 0 Å². The second-order valence-electron chi connectivity index (χ2n) is 6.11. The molecule has 0 heterocycles. The van der Waals surface area contributed by atoms with Crippen molar-refractivity contribution in [2.24, 2.45) is 15.9 Å². The van der Waals surface area contributed by atoms with Crippen molar-refractivity contribution in [2.45, 2.75) is 12.4 Å². The van der Waals surface area contributed by atoms with Crippen LogP contribution in [0.15, 0.2) is 89.1 Å². The molecule has 0 aromatic heterocycles. The molecule has 0 aliphatic heterocycles. The van der Waals surface area contributed by atoms with E-state index in [1.54, 1.807) is 13.3 Å². The average Bonchev–Trinajstić information content (AvgIpc) is 2.78. The van der Waals surface area contributed by atoms with Gasteiger partial charge in [-0.25, -0.2) is 0 Å². The van der Waals surface area contributed by atoms with E-state index < -0.39 is 0 Å². The largest absolute Gasteiger partial charge is 0.493 e. The number of hydrogen-bond donors (Lipinski definition) is 1. The minimum atomic E-state index is 0.403. The van der Waals surface area contributed by atoms with Gasteiger partial charge >= 0.3 is 0 Å². The summed E-state index contributed by atoms with van der Waals surface area (Å²) in [4.78, 5) is 0. The minimum Gasteiger partial charge on any atom is -0.493 e. The number of amidine groups is 1. The molecule has 5 nitrogen and oxygen atoms in total. The zero-order chi connectivity index (χ0) is 20.3. The lowest BCUT2D eigenvalue weighted by atomic mass is 10.2. The summed E-state index contributed by atoms with van der Waals surface area (Å²) in [6.45, 7) is 0.431. The van der Waals surface area contributed by atoms with Gasteiger partial charge in [-0.2, -0.15) is 5.10 Å². The molecule has 0 aliphatic carbocycles. The van der Waals surface area contributed by atoms with Crippen molar-refractivity contribution >= 4 is 23.1 Å². The molecule has 2 N–H and O–H groups in total. The molecule has 0 atom stereocenters. The molecule has 148 valence electrons. The molecule has 0 unspecified atom stereocenters. The topological polar surface area (TPSA) is 69.2 Å². The number of methoxy groups -OCH3 is 1. The Kier molecular flexibility index (Phi) is 7.72. The summed E-state index contributed by atoms with van der Waals surface area (Å²) in [6, 6.07) is 25.7. The Morgan fingerprint density at radius 1 is 0.931 bits per heavy atom. The van der Waals surface area contributed by atoms with Gasteiger partial charge in [-0.05, 0) is 23.3 Å². The van der Waals surface area contributed by atoms with E-state index in [9.17, 15) is 0 Å². The summed E-state index contributed by atoms with van der Waals surface area (Å²) >= 11 is 1.44. The van der Waals surface area contributed by atoms with Crippen LogP contribution in [0.3, 0.4) is 0 Å². The first-order valence-corrected chi connectivity index (χ1v) is 10.1. The van der Waals surface area contributed by atoms with Gasteiger partial charge in [0.05, 0.1) is 13.3 Å². The van der Waals surface area contributed by atoms with Gasteiger partial charge in [0.15, 0.2) is 16.7 Å². The van der Waals surface area contributed by atoms with Crippen LogP contribution in [-0.2, 0) is 12.4 Å². The standard InChI is InChI=1S/C23H23N3O2S/c1-27-21-14-8-13-20(22(21)28-16-18-9-4-2-5-10-18)15-25-26-23(24)29-17-19-11-6-3-7-12-19/h2-15H,16-17H2,1H3,(H2,24,26). The van der Waals surface area contributed by atoms with E-state index in [1.807, 2.05) is 66.7 Å². The highest BCUT2D eigenvalue weighted by Gasteiger charge is 2.09. The number of para-hydroxylation sites is 1. The number of nitrogens with zero attached hydrogens (tertiary/aromatic N) is 2. The normalized spacial score (nSPS) is 11.6. The lowest BCUT2D eigenvalue weighted by Gasteiger charge is -2.13. The van der Waals surface area contributed by atoms with Crippen LogP contribution in [0.25, 0.3) is 0 Å². The molecule has 0 fully saturated rings. The van der Waals surface area contributed by atoms with Crippen molar-refractivity contribution in [3.05, 3.63) is 95.6 Å². The van der Waals surface area contributed by atoms with Gasteiger partial charge in [0.2, 0.25) is 0 Å². The molecule has 0 radical (unpaired) electrons. The first kappa shape index (κ1) is 20.5. The fourth-order valence-electron chi connectivity index (χ4n) is 2.59. The molecule has 6 heteroatoms.